The van der Waals surface area contributed by atoms with Crippen molar-refractivity contribution in [2.75, 3.05) is 16.2 Å². The highest BCUT2D eigenvalue weighted by Crippen LogP contribution is 2.40. The van der Waals surface area contributed by atoms with Gasteiger partial charge in [-0.25, -0.2) is 17.2 Å². The number of nitrogens with one attached hydrogen (secondary N) is 1. The van der Waals surface area contributed by atoms with E-state index in [9.17, 15) is 22.0 Å². The summed E-state index contributed by atoms with van der Waals surface area (Å²) in [5.74, 6) is -0.758. The van der Waals surface area contributed by atoms with Crippen LogP contribution in [0.2, 0.25) is 0 Å². The van der Waals surface area contributed by atoms with Crippen LogP contribution in [0.1, 0.15) is 0 Å². The van der Waals surface area contributed by atoms with Crippen LogP contribution in [0.3, 0.4) is 0 Å². The van der Waals surface area contributed by atoms with Crippen molar-refractivity contribution in [3.63, 3.8) is 0 Å². The molecule has 1 heterocycles. The summed E-state index contributed by atoms with van der Waals surface area (Å²) < 4.78 is 60.0. The lowest BCUT2D eigenvalue weighted by molar-refractivity contribution is -0.120. The molecule has 0 fully saturated rings. The molecule has 0 radical (unpaired) electrons. The Labute approximate surface area is 200 Å². The number of amides is 1. The van der Waals surface area contributed by atoms with Crippen molar-refractivity contribution in [1.82, 2.24) is 0 Å². The molecule has 176 valence electrons. The van der Waals surface area contributed by atoms with Crippen molar-refractivity contribution in [2.45, 2.75) is 4.90 Å². The van der Waals surface area contributed by atoms with Gasteiger partial charge in [0.15, 0.2) is 6.61 Å². The Morgan fingerprint density at radius 2 is 1.46 bits per heavy atom. The number of rotatable bonds is 5. The lowest BCUT2D eigenvalue weighted by Crippen LogP contribution is -2.35. The Bertz CT molecular complexity index is 1520. The highest BCUT2D eigenvalue weighted by atomic mass is 32.2. The second-order valence-electron chi connectivity index (χ2n) is 7.82. The van der Waals surface area contributed by atoms with E-state index in [-0.39, 0.29) is 17.4 Å². The number of sulfonamides is 1. The molecule has 1 amide bonds. The average Bonchev–Trinajstić information content (AvgIpc) is 2.84. The predicted octanol–water partition coefficient (Wildman–Crippen LogP) is 5.49. The Balaban J connectivity index is 1.49. The van der Waals surface area contributed by atoms with Crippen LogP contribution in [-0.4, -0.2) is 20.9 Å². The van der Waals surface area contributed by atoms with Gasteiger partial charge in [-0.1, -0.05) is 18.2 Å². The first-order chi connectivity index (χ1) is 16.8. The molecule has 4 aromatic carbocycles. The first kappa shape index (κ1) is 22.5. The van der Waals surface area contributed by atoms with Gasteiger partial charge in [0.25, 0.3) is 15.9 Å². The molecule has 1 aliphatic rings. The Morgan fingerprint density at radius 1 is 0.800 bits per heavy atom. The third-order valence-corrected chi connectivity index (χ3v) is 6.85. The van der Waals surface area contributed by atoms with E-state index in [0.717, 1.165) is 12.1 Å². The van der Waals surface area contributed by atoms with Crippen molar-refractivity contribution in [2.24, 2.45) is 0 Å². The van der Waals surface area contributed by atoms with E-state index in [2.05, 4.69) is 4.72 Å². The van der Waals surface area contributed by atoms with Gasteiger partial charge >= 0.3 is 0 Å². The highest BCUT2D eigenvalue weighted by Gasteiger charge is 2.27. The molecular formula is C26H18F2N2O4S. The number of carbonyl (C=O) groups is 1. The van der Waals surface area contributed by atoms with Gasteiger partial charge in [0, 0.05) is 11.4 Å². The highest BCUT2D eigenvalue weighted by molar-refractivity contribution is 7.92. The molecule has 1 aliphatic heterocycles. The van der Waals surface area contributed by atoms with Crippen LogP contribution >= 0.6 is 0 Å². The minimum atomic E-state index is -3.92. The topological polar surface area (TPSA) is 75.7 Å². The molecule has 4 aromatic rings. The third kappa shape index (κ3) is 4.58. The van der Waals surface area contributed by atoms with Crippen molar-refractivity contribution in [1.29, 1.82) is 0 Å². The molecule has 35 heavy (non-hydrogen) atoms. The van der Waals surface area contributed by atoms with E-state index in [1.807, 2.05) is 0 Å². The molecule has 5 rings (SSSR count). The van der Waals surface area contributed by atoms with E-state index in [1.165, 1.54) is 41.3 Å². The number of ether oxygens (including phenoxy) is 1. The third-order valence-electron chi connectivity index (χ3n) is 5.46. The zero-order chi connectivity index (χ0) is 24.6. The van der Waals surface area contributed by atoms with E-state index < -0.39 is 21.7 Å². The first-order valence-electron chi connectivity index (χ1n) is 10.5. The zero-order valence-corrected chi connectivity index (χ0v) is 18.9. The summed E-state index contributed by atoms with van der Waals surface area (Å²) in [7, 11) is -3.92. The summed E-state index contributed by atoms with van der Waals surface area (Å²) >= 11 is 0. The molecule has 1 N–H and O–H groups in total. The van der Waals surface area contributed by atoms with Crippen LogP contribution in [0.5, 0.6) is 5.75 Å². The van der Waals surface area contributed by atoms with Gasteiger partial charge in [-0.2, -0.15) is 0 Å². The van der Waals surface area contributed by atoms with Crippen molar-refractivity contribution in [3.05, 3.63) is 103 Å². The van der Waals surface area contributed by atoms with Gasteiger partial charge in [0.2, 0.25) is 0 Å². The van der Waals surface area contributed by atoms with Crippen LogP contribution in [-0.2, 0) is 14.8 Å². The minimum absolute atomic E-state index is 0.0660. The van der Waals surface area contributed by atoms with Crippen LogP contribution in [0, 0.1) is 11.6 Å². The van der Waals surface area contributed by atoms with Gasteiger partial charge in [-0.3, -0.25) is 14.4 Å². The molecule has 0 saturated carbocycles. The van der Waals surface area contributed by atoms with Gasteiger partial charge < -0.3 is 4.74 Å². The predicted molar refractivity (Wildman–Crippen MR) is 128 cm³/mol. The number of hydrogen-bond donors (Lipinski definition) is 1. The van der Waals surface area contributed by atoms with Gasteiger partial charge in [0.05, 0.1) is 10.6 Å². The first-order valence-corrected chi connectivity index (χ1v) is 12.0. The fourth-order valence-corrected chi connectivity index (χ4v) is 4.84. The smallest absolute Gasteiger partial charge is 0.269 e. The van der Waals surface area contributed by atoms with Crippen LogP contribution in [0.15, 0.2) is 95.9 Å². The molecule has 0 atom stereocenters. The quantitative estimate of drug-likeness (QED) is 0.400. The maximum atomic E-state index is 13.4. The van der Waals surface area contributed by atoms with E-state index in [1.54, 1.807) is 42.5 Å². The monoisotopic (exact) mass is 492 g/mol. The number of nitrogens with zero attached hydrogens (tertiary/aromatic N) is 1. The fraction of sp³-hybridized carbons (Fsp3) is 0.0385. The summed E-state index contributed by atoms with van der Waals surface area (Å²) in [5.41, 5.74) is 2.69. The lowest BCUT2D eigenvalue weighted by Gasteiger charge is -2.30. The molecule has 9 heteroatoms. The number of carbonyl (C=O) groups excluding carboxylic acids is 1. The van der Waals surface area contributed by atoms with Crippen molar-refractivity contribution < 1.29 is 26.7 Å². The molecule has 0 aromatic heterocycles. The summed E-state index contributed by atoms with van der Waals surface area (Å²) in [6, 6.07) is 22.1. The normalized spacial score (nSPS) is 13.2. The summed E-state index contributed by atoms with van der Waals surface area (Å²) in [4.78, 5) is 14.1. The Morgan fingerprint density at radius 3 is 2.17 bits per heavy atom. The zero-order valence-electron chi connectivity index (χ0n) is 18.1. The Hall–Kier alpha value is -4.24. The lowest BCUT2D eigenvalue weighted by atomic mass is 10.0. The number of hydrogen-bond acceptors (Lipinski definition) is 4. The van der Waals surface area contributed by atoms with Crippen LogP contribution in [0.4, 0.5) is 25.8 Å². The Kier molecular flexibility index (Phi) is 5.70. The number of benzene rings is 4. The molecule has 0 aliphatic carbocycles. The molecule has 0 bridgehead atoms. The summed E-state index contributed by atoms with van der Waals surface area (Å²) in [5, 5.41) is 0. The molecule has 0 spiro atoms. The fourth-order valence-electron chi connectivity index (χ4n) is 3.80. The molecule has 0 saturated heterocycles. The SMILES string of the molecule is O=C1COc2ccc(-c3cccc(NS(=O)(=O)c4ccc(F)cc4)c3)cc2N1c1ccc(F)cc1. The van der Waals surface area contributed by atoms with Gasteiger partial charge in [-0.05, 0) is 83.9 Å². The van der Waals surface area contributed by atoms with Gasteiger partial charge in [0.1, 0.15) is 17.4 Å². The maximum Gasteiger partial charge on any atom is 0.269 e. The maximum absolute atomic E-state index is 13.4. The van der Waals surface area contributed by atoms with Crippen LogP contribution in [0.25, 0.3) is 11.1 Å². The van der Waals surface area contributed by atoms with E-state index in [4.69, 9.17) is 4.74 Å². The van der Waals surface area contributed by atoms with Crippen LogP contribution < -0.4 is 14.4 Å². The molecule has 0 unspecified atom stereocenters. The number of fused-ring (bicyclic) bond motifs is 1. The van der Waals surface area contributed by atoms with E-state index >= 15 is 0 Å². The second kappa shape index (κ2) is 8.84. The molecule has 6 nitrogen and oxygen atoms in total. The van der Waals surface area contributed by atoms with Crippen molar-refractivity contribution >= 4 is 33.0 Å². The largest absolute Gasteiger partial charge is 0.482 e. The molecular weight excluding hydrogens is 474 g/mol. The summed E-state index contributed by atoms with van der Waals surface area (Å²) in [6.07, 6.45) is 0. The second-order valence-corrected chi connectivity index (χ2v) is 9.50. The number of halogens is 2. The van der Waals surface area contributed by atoms with Gasteiger partial charge in [-0.15, -0.1) is 0 Å². The van der Waals surface area contributed by atoms with E-state index in [0.29, 0.717) is 33.9 Å². The van der Waals surface area contributed by atoms with Crippen molar-refractivity contribution in [3.8, 4) is 16.9 Å². The standard InChI is InChI=1S/C26H18F2N2O4S/c27-19-5-9-22(10-6-19)30-24-15-18(4-13-25(24)34-16-26(30)31)17-2-1-3-21(14-17)29-35(32,33)23-11-7-20(28)8-12-23/h1-15,29H,16H2. The summed E-state index contributed by atoms with van der Waals surface area (Å²) in [6.45, 7) is -0.148. The number of anilines is 3. The average molecular weight is 493 g/mol. The minimum Gasteiger partial charge on any atom is -0.482 e.